The number of amides is 1. The second kappa shape index (κ2) is 7.30. The van der Waals surface area contributed by atoms with Gasteiger partial charge in [0.25, 0.3) is 0 Å². The molecule has 3 rings (SSSR count). The lowest BCUT2D eigenvalue weighted by atomic mass is 10.1. The van der Waals surface area contributed by atoms with Gasteiger partial charge >= 0.3 is 5.97 Å². The van der Waals surface area contributed by atoms with E-state index in [9.17, 15) is 14.4 Å². The third-order valence-corrected chi connectivity index (χ3v) is 4.24. The van der Waals surface area contributed by atoms with Crippen LogP contribution >= 0.6 is 0 Å². The van der Waals surface area contributed by atoms with E-state index in [0.29, 0.717) is 24.4 Å². The third-order valence-electron chi connectivity index (χ3n) is 4.24. The molecule has 0 unspecified atom stereocenters. The molecule has 5 heteroatoms. The maximum Gasteiger partial charge on any atom is 0.316 e. The van der Waals surface area contributed by atoms with Gasteiger partial charge in [-0.25, -0.2) is 0 Å². The number of Topliss-reactive ketones (excluding diaryl/α,β-unsaturated/α-hetero) is 1. The highest BCUT2D eigenvalue weighted by molar-refractivity contribution is 5.94. The van der Waals surface area contributed by atoms with Crippen molar-refractivity contribution >= 4 is 17.7 Å². The van der Waals surface area contributed by atoms with Crippen molar-refractivity contribution in [1.82, 2.24) is 4.90 Å². The molecule has 0 saturated carbocycles. The van der Waals surface area contributed by atoms with E-state index < -0.39 is 11.9 Å². The molecule has 1 heterocycles. The minimum Gasteiger partial charge on any atom is -0.426 e. The van der Waals surface area contributed by atoms with E-state index in [0.717, 1.165) is 5.56 Å². The highest BCUT2D eigenvalue weighted by atomic mass is 16.5. The molecule has 1 aliphatic heterocycles. The summed E-state index contributed by atoms with van der Waals surface area (Å²) in [5, 5.41) is 0. The maximum atomic E-state index is 12.3. The zero-order valence-electron chi connectivity index (χ0n) is 14.0. The van der Waals surface area contributed by atoms with Crippen LogP contribution in [-0.2, 0) is 16.1 Å². The zero-order valence-corrected chi connectivity index (χ0v) is 14.0. The molecule has 0 spiro atoms. The van der Waals surface area contributed by atoms with Crippen LogP contribution in [0, 0.1) is 5.92 Å². The molecule has 128 valence electrons. The lowest BCUT2D eigenvalue weighted by molar-refractivity contribution is -0.139. The Morgan fingerprint density at radius 1 is 1.08 bits per heavy atom. The summed E-state index contributed by atoms with van der Waals surface area (Å²) >= 11 is 0. The topological polar surface area (TPSA) is 63.7 Å². The molecule has 0 aliphatic carbocycles. The number of benzene rings is 2. The number of carbonyl (C=O) groups excluding carboxylic acids is 3. The molecular formula is C20H19NO4. The van der Waals surface area contributed by atoms with Crippen molar-refractivity contribution in [3.63, 3.8) is 0 Å². The fraction of sp³-hybridized carbons (Fsp3) is 0.250. The summed E-state index contributed by atoms with van der Waals surface area (Å²) in [7, 11) is 0. The molecule has 1 atom stereocenters. The number of ketones is 1. The molecule has 0 radical (unpaired) electrons. The van der Waals surface area contributed by atoms with Gasteiger partial charge < -0.3 is 9.64 Å². The highest BCUT2D eigenvalue weighted by Crippen LogP contribution is 2.23. The van der Waals surface area contributed by atoms with Crippen molar-refractivity contribution in [2.75, 3.05) is 6.54 Å². The Morgan fingerprint density at radius 3 is 2.40 bits per heavy atom. The van der Waals surface area contributed by atoms with Crippen LogP contribution in [0.4, 0.5) is 0 Å². The number of rotatable bonds is 5. The van der Waals surface area contributed by atoms with E-state index in [-0.39, 0.29) is 18.1 Å². The molecule has 1 saturated heterocycles. The smallest absolute Gasteiger partial charge is 0.316 e. The van der Waals surface area contributed by atoms with Crippen LogP contribution in [-0.4, -0.2) is 29.1 Å². The standard InChI is InChI=1S/C20H19NO4/c1-14(22)16-7-9-18(10-8-16)25-20(24)17-11-19(23)21(13-17)12-15-5-3-2-4-6-15/h2-10,17H,11-13H2,1H3/t17-/m1/s1. The second-order valence-electron chi connectivity index (χ2n) is 6.16. The predicted molar refractivity (Wildman–Crippen MR) is 92.0 cm³/mol. The second-order valence-corrected chi connectivity index (χ2v) is 6.16. The Balaban J connectivity index is 1.59. The van der Waals surface area contributed by atoms with Crippen LogP contribution in [0.5, 0.6) is 5.75 Å². The predicted octanol–water partition coefficient (Wildman–Crippen LogP) is 2.84. The Kier molecular flexibility index (Phi) is 4.93. The number of carbonyl (C=O) groups is 3. The van der Waals surface area contributed by atoms with Gasteiger partial charge in [-0.3, -0.25) is 14.4 Å². The lowest BCUT2D eigenvalue weighted by Gasteiger charge is -2.16. The molecule has 1 amide bonds. The molecule has 0 bridgehead atoms. The summed E-state index contributed by atoms with van der Waals surface area (Å²) in [5.41, 5.74) is 1.59. The molecule has 2 aromatic carbocycles. The molecular weight excluding hydrogens is 318 g/mol. The van der Waals surface area contributed by atoms with Gasteiger partial charge in [0.15, 0.2) is 5.78 Å². The Hall–Kier alpha value is -2.95. The van der Waals surface area contributed by atoms with Crippen molar-refractivity contribution in [3.05, 3.63) is 65.7 Å². The van der Waals surface area contributed by atoms with Crippen LogP contribution in [0.3, 0.4) is 0 Å². The number of hydrogen-bond donors (Lipinski definition) is 0. The molecule has 1 fully saturated rings. The molecule has 0 N–H and O–H groups in total. The first kappa shape index (κ1) is 16.9. The summed E-state index contributed by atoms with van der Waals surface area (Å²) in [5.74, 6) is -0.597. The summed E-state index contributed by atoms with van der Waals surface area (Å²) in [6, 6.07) is 16.1. The first-order valence-corrected chi connectivity index (χ1v) is 8.17. The number of nitrogens with zero attached hydrogens (tertiary/aromatic N) is 1. The average molecular weight is 337 g/mol. The number of esters is 1. The van der Waals surface area contributed by atoms with Crippen molar-refractivity contribution < 1.29 is 19.1 Å². The molecule has 2 aromatic rings. The molecule has 0 aromatic heterocycles. The van der Waals surface area contributed by atoms with E-state index in [2.05, 4.69) is 0 Å². The number of likely N-dealkylation sites (tertiary alicyclic amines) is 1. The van der Waals surface area contributed by atoms with Crippen LogP contribution in [0.15, 0.2) is 54.6 Å². The van der Waals surface area contributed by atoms with E-state index in [4.69, 9.17) is 4.74 Å². The first-order valence-electron chi connectivity index (χ1n) is 8.17. The summed E-state index contributed by atoms with van der Waals surface area (Å²) in [4.78, 5) is 37.4. The van der Waals surface area contributed by atoms with Crippen molar-refractivity contribution in [2.45, 2.75) is 19.9 Å². The van der Waals surface area contributed by atoms with Crippen LogP contribution in [0.2, 0.25) is 0 Å². The average Bonchev–Trinajstić information content (AvgIpc) is 2.97. The van der Waals surface area contributed by atoms with E-state index in [1.165, 1.54) is 6.92 Å². The largest absolute Gasteiger partial charge is 0.426 e. The fourth-order valence-corrected chi connectivity index (χ4v) is 2.84. The van der Waals surface area contributed by atoms with Gasteiger partial charge in [-0.15, -0.1) is 0 Å². The quantitative estimate of drug-likeness (QED) is 0.478. The zero-order chi connectivity index (χ0) is 17.8. The van der Waals surface area contributed by atoms with Gasteiger partial charge in [0.2, 0.25) is 5.91 Å². The van der Waals surface area contributed by atoms with Gasteiger partial charge in [-0.2, -0.15) is 0 Å². The maximum absolute atomic E-state index is 12.3. The fourth-order valence-electron chi connectivity index (χ4n) is 2.84. The van der Waals surface area contributed by atoms with E-state index >= 15 is 0 Å². The SMILES string of the molecule is CC(=O)c1ccc(OC(=O)[C@@H]2CC(=O)N(Cc3ccccc3)C2)cc1. The van der Waals surface area contributed by atoms with Crippen molar-refractivity contribution in [1.29, 1.82) is 0 Å². The van der Waals surface area contributed by atoms with Crippen molar-refractivity contribution in [3.8, 4) is 5.75 Å². The minimum absolute atomic E-state index is 0.0438. The minimum atomic E-state index is -0.469. The summed E-state index contributed by atoms with van der Waals surface area (Å²) < 4.78 is 5.35. The van der Waals surface area contributed by atoms with Crippen molar-refractivity contribution in [2.24, 2.45) is 5.92 Å². The van der Waals surface area contributed by atoms with Crippen LogP contribution in [0.1, 0.15) is 29.3 Å². The molecule has 5 nitrogen and oxygen atoms in total. The molecule has 25 heavy (non-hydrogen) atoms. The summed E-state index contributed by atoms with van der Waals surface area (Å²) in [6.07, 6.45) is 0.164. The Labute approximate surface area is 146 Å². The third kappa shape index (κ3) is 4.12. The first-order chi connectivity index (χ1) is 12.0. The van der Waals surface area contributed by atoms with Gasteiger partial charge in [0.1, 0.15) is 5.75 Å². The van der Waals surface area contributed by atoms with Crippen LogP contribution < -0.4 is 4.74 Å². The Morgan fingerprint density at radius 2 is 1.76 bits per heavy atom. The Bertz CT molecular complexity index is 783. The van der Waals surface area contributed by atoms with Gasteiger partial charge in [0.05, 0.1) is 5.92 Å². The van der Waals surface area contributed by atoms with Crippen LogP contribution in [0.25, 0.3) is 0 Å². The van der Waals surface area contributed by atoms with Gasteiger partial charge in [-0.1, -0.05) is 30.3 Å². The highest BCUT2D eigenvalue weighted by Gasteiger charge is 2.35. The number of ether oxygens (including phenoxy) is 1. The number of hydrogen-bond acceptors (Lipinski definition) is 4. The summed E-state index contributed by atoms with van der Waals surface area (Å²) in [6.45, 7) is 2.33. The lowest BCUT2D eigenvalue weighted by Crippen LogP contribution is -2.27. The normalized spacial score (nSPS) is 16.8. The van der Waals surface area contributed by atoms with Gasteiger partial charge in [-0.05, 0) is 36.8 Å². The van der Waals surface area contributed by atoms with Gasteiger partial charge in [0, 0.05) is 25.1 Å². The molecule has 1 aliphatic rings. The monoisotopic (exact) mass is 337 g/mol. The van der Waals surface area contributed by atoms with E-state index in [1.807, 2.05) is 30.3 Å². The van der Waals surface area contributed by atoms with E-state index in [1.54, 1.807) is 29.2 Å².